The molecular weight excluding hydrogens is 442 g/mol. The minimum atomic E-state index is -0.742. The number of likely N-dealkylation sites (N-methyl/N-ethyl adjacent to an activating group) is 1. The minimum Gasteiger partial charge on any atom is -0.325 e. The Morgan fingerprint density at radius 1 is 1.03 bits per heavy atom. The van der Waals surface area contributed by atoms with Crippen molar-refractivity contribution in [3.8, 4) is 0 Å². The summed E-state index contributed by atoms with van der Waals surface area (Å²) in [4.78, 5) is 33.8. The molecule has 0 aliphatic carbocycles. The smallest absolute Gasteiger partial charge is 0.269 e. The number of piperazine rings is 1. The standard InChI is InChI=1S/C27H27N5O3/c1-30-12-14-31(15-13-30)18-19-6-5-9-21(16-19)28-26(20-7-3-2-4-8-20)25-23-17-22(32(34)35)10-11-24(23)29-27(25)33/h2-11,16-17,25H,12-15,18H2,1H3,(H,29,33). The van der Waals surface area contributed by atoms with E-state index in [0.29, 0.717) is 17.0 Å². The number of fused-ring (bicyclic) bond motifs is 1. The first-order chi connectivity index (χ1) is 17.0. The van der Waals surface area contributed by atoms with Gasteiger partial charge in [0.15, 0.2) is 0 Å². The van der Waals surface area contributed by atoms with Crippen LogP contribution in [0.25, 0.3) is 0 Å². The molecule has 178 valence electrons. The molecule has 1 unspecified atom stereocenters. The molecule has 0 bridgehead atoms. The van der Waals surface area contributed by atoms with Crippen molar-refractivity contribution in [3.63, 3.8) is 0 Å². The number of hydrogen-bond donors (Lipinski definition) is 1. The zero-order valence-electron chi connectivity index (χ0n) is 19.6. The van der Waals surface area contributed by atoms with Gasteiger partial charge in [0.25, 0.3) is 5.69 Å². The summed E-state index contributed by atoms with van der Waals surface area (Å²) in [7, 11) is 2.14. The number of nitrogens with one attached hydrogen (secondary N) is 1. The lowest BCUT2D eigenvalue weighted by molar-refractivity contribution is -0.384. The number of nitrogens with zero attached hydrogens (tertiary/aromatic N) is 4. The minimum absolute atomic E-state index is 0.0492. The largest absolute Gasteiger partial charge is 0.325 e. The summed E-state index contributed by atoms with van der Waals surface area (Å²) < 4.78 is 0. The van der Waals surface area contributed by atoms with Crippen LogP contribution in [0.2, 0.25) is 0 Å². The Bertz CT molecular complexity index is 1280. The predicted octanol–water partition coefficient (Wildman–Crippen LogP) is 4.20. The number of nitro benzene ring substituents is 1. The number of nitro groups is 1. The molecule has 1 saturated heterocycles. The van der Waals surface area contributed by atoms with E-state index < -0.39 is 10.8 Å². The summed E-state index contributed by atoms with van der Waals surface area (Å²) in [6.07, 6.45) is 0. The third-order valence-electron chi connectivity index (χ3n) is 6.58. The van der Waals surface area contributed by atoms with E-state index >= 15 is 0 Å². The van der Waals surface area contributed by atoms with Crippen molar-refractivity contribution in [3.05, 3.63) is 99.6 Å². The summed E-state index contributed by atoms with van der Waals surface area (Å²) >= 11 is 0. The molecule has 8 nitrogen and oxygen atoms in total. The van der Waals surface area contributed by atoms with Gasteiger partial charge >= 0.3 is 0 Å². The summed E-state index contributed by atoms with van der Waals surface area (Å²) in [5.41, 5.74) is 4.39. The van der Waals surface area contributed by atoms with E-state index in [9.17, 15) is 14.9 Å². The van der Waals surface area contributed by atoms with Crippen LogP contribution in [0.3, 0.4) is 0 Å². The molecule has 0 radical (unpaired) electrons. The molecule has 2 heterocycles. The summed E-state index contributed by atoms with van der Waals surface area (Å²) in [5, 5.41) is 14.3. The van der Waals surface area contributed by atoms with E-state index in [2.05, 4.69) is 34.3 Å². The van der Waals surface area contributed by atoms with Crippen LogP contribution < -0.4 is 5.32 Å². The Morgan fingerprint density at radius 2 is 1.80 bits per heavy atom. The monoisotopic (exact) mass is 469 g/mol. The van der Waals surface area contributed by atoms with Crippen LogP contribution in [0.15, 0.2) is 77.8 Å². The highest BCUT2D eigenvalue weighted by atomic mass is 16.6. The zero-order valence-corrected chi connectivity index (χ0v) is 19.6. The molecule has 3 aromatic rings. The number of carbonyl (C=O) groups excluding carboxylic acids is 1. The molecule has 1 fully saturated rings. The maximum atomic E-state index is 13.1. The molecule has 0 aromatic heterocycles. The molecule has 0 saturated carbocycles. The lowest BCUT2D eigenvalue weighted by atomic mass is 9.90. The molecule has 5 rings (SSSR count). The Kier molecular flexibility index (Phi) is 6.39. The van der Waals surface area contributed by atoms with Gasteiger partial charge in [-0.05, 0) is 36.4 Å². The van der Waals surface area contributed by atoms with Crippen molar-refractivity contribution in [1.29, 1.82) is 0 Å². The third kappa shape index (κ3) is 4.99. The predicted molar refractivity (Wildman–Crippen MR) is 136 cm³/mol. The number of rotatable bonds is 6. The first kappa shape index (κ1) is 22.9. The van der Waals surface area contributed by atoms with Gasteiger partial charge in [-0.25, -0.2) is 0 Å². The fourth-order valence-corrected chi connectivity index (χ4v) is 4.67. The first-order valence-electron chi connectivity index (χ1n) is 11.7. The molecule has 1 N–H and O–H groups in total. The third-order valence-corrected chi connectivity index (χ3v) is 6.58. The van der Waals surface area contributed by atoms with E-state index in [1.807, 2.05) is 42.5 Å². The molecule has 8 heteroatoms. The lowest BCUT2D eigenvalue weighted by Gasteiger charge is -2.32. The molecule has 1 amide bonds. The highest BCUT2D eigenvalue weighted by Gasteiger charge is 2.36. The Morgan fingerprint density at radius 3 is 2.54 bits per heavy atom. The average Bonchev–Trinajstić information content (AvgIpc) is 3.19. The normalized spacial score (nSPS) is 18.8. The summed E-state index contributed by atoms with van der Waals surface area (Å²) in [6.45, 7) is 5.00. The van der Waals surface area contributed by atoms with Gasteiger partial charge in [-0.2, -0.15) is 0 Å². The van der Waals surface area contributed by atoms with Crippen LogP contribution in [0.4, 0.5) is 17.1 Å². The number of carbonyl (C=O) groups is 1. The number of hydrogen-bond acceptors (Lipinski definition) is 6. The number of aliphatic imine (C=N–C) groups is 1. The van der Waals surface area contributed by atoms with Crippen LogP contribution in [0, 0.1) is 10.1 Å². The van der Waals surface area contributed by atoms with E-state index in [1.165, 1.54) is 12.1 Å². The molecular formula is C27H27N5O3. The second-order valence-corrected chi connectivity index (χ2v) is 9.06. The van der Waals surface area contributed by atoms with E-state index in [1.54, 1.807) is 6.07 Å². The van der Waals surface area contributed by atoms with Crippen molar-refractivity contribution in [1.82, 2.24) is 9.80 Å². The second kappa shape index (κ2) is 9.77. The van der Waals surface area contributed by atoms with Gasteiger partial charge in [-0.3, -0.25) is 24.8 Å². The molecule has 2 aliphatic rings. The highest BCUT2D eigenvalue weighted by Crippen LogP contribution is 2.38. The molecule has 3 aromatic carbocycles. The summed E-state index contributed by atoms with van der Waals surface area (Å²) in [5.74, 6) is -0.981. The maximum absolute atomic E-state index is 13.1. The van der Waals surface area contributed by atoms with Crippen LogP contribution in [0.1, 0.15) is 22.6 Å². The van der Waals surface area contributed by atoms with Gasteiger partial charge in [-0.15, -0.1) is 0 Å². The van der Waals surface area contributed by atoms with Gasteiger partial charge < -0.3 is 10.2 Å². The fraction of sp³-hybridized carbons (Fsp3) is 0.259. The number of non-ortho nitro benzene ring substituents is 1. The van der Waals surface area contributed by atoms with Crippen molar-refractivity contribution >= 4 is 28.7 Å². The zero-order chi connectivity index (χ0) is 24.4. The molecule has 35 heavy (non-hydrogen) atoms. The van der Waals surface area contributed by atoms with Crippen molar-refractivity contribution < 1.29 is 9.72 Å². The van der Waals surface area contributed by atoms with Crippen molar-refractivity contribution in [2.75, 3.05) is 38.5 Å². The number of benzene rings is 3. The van der Waals surface area contributed by atoms with Gasteiger partial charge in [-0.1, -0.05) is 42.5 Å². The van der Waals surface area contributed by atoms with Crippen LogP contribution in [-0.4, -0.2) is 59.6 Å². The van der Waals surface area contributed by atoms with Gasteiger partial charge in [0.2, 0.25) is 5.91 Å². The van der Waals surface area contributed by atoms with Gasteiger partial charge in [0.1, 0.15) is 5.92 Å². The first-order valence-corrected chi connectivity index (χ1v) is 11.7. The van der Waals surface area contributed by atoms with Gasteiger partial charge in [0, 0.05) is 56.1 Å². The maximum Gasteiger partial charge on any atom is 0.269 e. The van der Waals surface area contributed by atoms with Crippen LogP contribution in [0.5, 0.6) is 0 Å². The molecule has 0 spiro atoms. The van der Waals surface area contributed by atoms with Crippen molar-refractivity contribution in [2.24, 2.45) is 4.99 Å². The quantitative estimate of drug-likeness (QED) is 0.332. The number of anilines is 1. The van der Waals surface area contributed by atoms with E-state index in [0.717, 1.165) is 49.5 Å². The van der Waals surface area contributed by atoms with E-state index in [-0.39, 0.29) is 11.6 Å². The Labute approximate surface area is 204 Å². The topological polar surface area (TPSA) is 91.1 Å². The lowest BCUT2D eigenvalue weighted by Crippen LogP contribution is -2.43. The fourth-order valence-electron chi connectivity index (χ4n) is 4.67. The highest BCUT2D eigenvalue weighted by molar-refractivity contribution is 6.24. The Hall–Kier alpha value is -3.88. The Balaban J connectivity index is 1.52. The van der Waals surface area contributed by atoms with E-state index in [4.69, 9.17) is 4.99 Å². The number of amides is 1. The van der Waals surface area contributed by atoms with Crippen LogP contribution >= 0.6 is 0 Å². The van der Waals surface area contributed by atoms with Gasteiger partial charge in [0.05, 0.1) is 16.3 Å². The molecule has 1 atom stereocenters. The van der Waals surface area contributed by atoms with Crippen molar-refractivity contribution in [2.45, 2.75) is 12.5 Å². The SMILES string of the molecule is CN1CCN(Cc2cccc(N=C(c3ccccc3)C3C(=O)Nc4ccc([N+](=O)[O-])cc43)c2)CC1. The van der Waals surface area contributed by atoms with Crippen LogP contribution in [-0.2, 0) is 11.3 Å². The summed E-state index contributed by atoms with van der Waals surface area (Å²) in [6, 6.07) is 22.1. The molecule has 2 aliphatic heterocycles. The average molecular weight is 470 g/mol. The second-order valence-electron chi connectivity index (χ2n) is 9.06.